The molecule has 0 bridgehead atoms. The number of hydrogen-bond donors (Lipinski definition) is 1. The van der Waals surface area contributed by atoms with E-state index in [-0.39, 0.29) is 0 Å². The van der Waals surface area contributed by atoms with E-state index < -0.39 is 80.0 Å². The van der Waals surface area contributed by atoms with E-state index in [0.29, 0.717) is 0 Å². The number of alkyl halides is 13. The quantitative estimate of drug-likeness (QED) is 0.339. The SMILES string of the molecule is O=C(O)CCCC(=O)OCCC(F)(F)C(F)(F)C(F)(F)C(F)(F)C(F)(F)C(F)(F)F. The van der Waals surface area contributed by atoms with Crippen LogP contribution in [0.5, 0.6) is 0 Å². The van der Waals surface area contributed by atoms with Crippen molar-refractivity contribution in [2.45, 2.75) is 61.5 Å². The van der Waals surface area contributed by atoms with Gasteiger partial charge in [0.2, 0.25) is 0 Å². The fourth-order valence-electron chi connectivity index (χ4n) is 1.71. The minimum atomic E-state index is -7.99. The number of carboxylic acid groups (broad SMARTS) is 1. The molecule has 0 fully saturated rings. The maximum absolute atomic E-state index is 13.4. The van der Waals surface area contributed by atoms with Crippen LogP contribution in [0, 0.1) is 0 Å². The van der Waals surface area contributed by atoms with Crippen molar-refractivity contribution in [1.29, 1.82) is 0 Å². The van der Waals surface area contributed by atoms with Gasteiger partial charge in [-0.05, 0) is 6.42 Å². The highest BCUT2D eigenvalue weighted by molar-refractivity contribution is 5.71. The van der Waals surface area contributed by atoms with Gasteiger partial charge in [0.15, 0.2) is 0 Å². The first-order valence-electron chi connectivity index (χ1n) is 7.39. The van der Waals surface area contributed by atoms with Gasteiger partial charge in [-0.3, -0.25) is 9.59 Å². The summed E-state index contributed by atoms with van der Waals surface area (Å²) in [4.78, 5) is 21.2. The number of carbonyl (C=O) groups excluding carboxylic acids is 1. The largest absolute Gasteiger partial charge is 0.481 e. The second kappa shape index (κ2) is 8.64. The Morgan fingerprint density at radius 2 is 1.10 bits per heavy atom. The number of esters is 1. The Kier molecular flexibility index (Phi) is 8.08. The van der Waals surface area contributed by atoms with Crippen LogP contribution in [0.15, 0.2) is 0 Å². The summed E-state index contributed by atoms with van der Waals surface area (Å²) in [6, 6.07) is 0. The summed E-state index contributed by atoms with van der Waals surface area (Å²) >= 11 is 0. The molecule has 0 aromatic carbocycles. The lowest BCUT2D eigenvalue weighted by Gasteiger charge is -2.39. The maximum Gasteiger partial charge on any atom is 0.460 e. The van der Waals surface area contributed by atoms with Crippen molar-refractivity contribution in [3.05, 3.63) is 0 Å². The molecule has 0 aliphatic heterocycles. The monoisotopic (exact) mass is 478 g/mol. The van der Waals surface area contributed by atoms with Crippen molar-refractivity contribution in [2.75, 3.05) is 6.61 Å². The van der Waals surface area contributed by atoms with Crippen LogP contribution in [0.2, 0.25) is 0 Å². The van der Waals surface area contributed by atoms with Gasteiger partial charge in [-0.25, -0.2) is 0 Å². The minimum absolute atomic E-state index is 0.419. The van der Waals surface area contributed by atoms with Gasteiger partial charge in [0.1, 0.15) is 0 Å². The van der Waals surface area contributed by atoms with Gasteiger partial charge < -0.3 is 9.84 Å². The molecule has 0 aliphatic carbocycles. The lowest BCUT2D eigenvalue weighted by Crippen LogP contribution is -2.70. The highest BCUT2D eigenvalue weighted by Gasteiger charge is 2.90. The smallest absolute Gasteiger partial charge is 0.460 e. The average Bonchev–Trinajstić information content (AvgIpc) is 2.52. The van der Waals surface area contributed by atoms with E-state index in [1.807, 2.05) is 0 Å². The van der Waals surface area contributed by atoms with Crippen LogP contribution in [-0.4, -0.2) is 59.4 Å². The van der Waals surface area contributed by atoms with Crippen LogP contribution in [0.4, 0.5) is 57.1 Å². The molecule has 0 saturated carbocycles. The first-order chi connectivity index (χ1) is 13.1. The molecule has 0 atom stereocenters. The molecule has 0 aromatic heterocycles. The number of halogens is 13. The van der Waals surface area contributed by atoms with Gasteiger partial charge in [0.25, 0.3) is 0 Å². The molecule has 0 unspecified atom stereocenters. The lowest BCUT2D eigenvalue weighted by atomic mass is 9.93. The Balaban J connectivity index is 5.42. The molecule has 0 heterocycles. The first-order valence-corrected chi connectivity index (χ1v) is 7.39. The molecule has 4 nitrogen and oxygen atoms in total. The zero-order chi connectivity index (χ0) is 24.4. The van der Waals surface area contributed by atoms with Gasteiger partial charge in [-0.15, -0.1) is 0 Å². The molecule has 1 N–H and O–H groups in total. The normalized spacial score (nSPS) is 14.6. The van der Waals surface area contributed by atoms with Gasteiger partial charge in [-0.2, -0.15) is 57.1 Å². The highest BCUT2D eigenvalue weighted by Crippen LogP contribution is 2.60. The standard InChI is InChI=1S/C13H11F13O4/c14-8(15,4-5-30-7(29)3-1-2-6(27)28)9(16,17)10(18,19)11(20,21)12(22,23)13(24,25)26/h1-5H2,(H,27,28). The summed E-state index contributed by atoms with van der Waals surface area (Å²) in [5.74, 6) is -40.3. The molecule has 0 spiro atoms. The molecule has 0 amide bonds. The second-order valence-corrected chi connectivity index (χ2v) is 5.72. The van der Waals surface area contributed by atoms with Crippen molar-refractivity contribution in [2.24, 2.45) is 0 Å². The summed E-state index contributed by atoms with van der Waals surface area (Å²) < 4.78 is 171. The van der Waals surface area contributed by atoms with Crippen molar-refractivity contribution in [3.8, 4) is 0 Å². The zero-order valence-corrected chi connectivity index (χ0v) is 14.1. The fraction of sp³-hybridized carbons (Fsp3) is 0.846. The van der Waals surface area contributed by atoms with Crippen LogP contribution in [0.1, 0.15) is 25.7 Å². The van der Waals surface area contributed by atoms with Crippen LogP contribution >= 0.6 is 0 Å². The van der Waals surface area contributed by atoms with E-state index in [1.165, 1.54) is 0 Å². The van der Waals surface area contributed by atoms with Gasteiger partial charge in [0.05, 0.1) is 13.0 Å². The third-order valence-corrected chi connectivity index (χ3v) is 3.45. The van der Waals surface area contributed by atoms with E-state index in [4.69, 9.17) is 5.11 Å². The molecule has 30 heavy (non-hydrogen) atoms. The molecule has 0 radical (unpaired) electrons. The summed E-state index contributed by atoms with van der Waals surface area (Å²) in [6.07, 6.45) is -11.9. The second-order valence-electron chi connectivity index (χ2n) is 5.72. The number of carboxylic acids is 1. The van der Waals surface area contributed by atoms with Crippen LogP contribution in [0.25, 0.3) is 0 Å². The summed E-state index contributed by atoms with van der Waals surface area (Å²) in [5, 5.41) is 8.26. The Labute approximate surface area is 158 Å². The number of hydrogen-bond acceptors (Lipinski definition) is 3. The van der Waals surface area contributed by atoms with E-state index in [9.17, 15) is 66.7 Å². The van der Waals surface area contributed by atoms with Crippen LogP contribution in [0.3, 0.4) is 0 Å². The first kappa shape index (κ1) is 28.0. The number of ether oxygens (including phenoxy) is 1. The molecule has 0 rings (SSSR count). The maximum atomic E-state index is 13.4. The number of carbonyl (C=O) groups is 2. The van der Waals surface area contributed by atoms with Gasteiger partial charge in [-0.1, -0.05) is 0 Å². The zero-order valence-electron chi connectivity index (χ0n) is 14.1. The lowest BCUT2D eigenvalue weighted by molar-refractivity contribution is -0.440. The Bertz CT molecular complexity index is 627. The summed E-state index contributed by atoms with van der Waals surface area (Å²) in [7, 11) is 0. The highest BCUT2D eigenvalue weighted by atomic mass is 19.4. The topological polar surface area (TPSA) is 63.6 Å². The van der Waals surface area contributed by atoms with Crippen LogP contribution in [-0.2, 0) is 14.3 Å². The molecule has 0 saturated heterocycles. The summed E-state index contributed by atoms with van der Waals surface area (Å²) in [6.45, 7) is -1.86. The molecular weight excluding hydrogens is 467 g/mol. The average molecular weight is 478 g/mol. The predicted molar refractivity (Wildman–Crippen MR) is 67.9 cm³/mol. The van der Waals surface area contributed by atoms with Gasteiger partial charge >= 0.3 is 47.7 Å². The van der Waals surface area contributed by atoms with E-state index in [1.54, 1.807) is 0 Å². The Morgan fingerprint density at radius 3 is 1.50 bits per heavy atom. The van der Waals surface area contributed by atoms with Gasteiger partial charge in [0, 0.05) is 12.8 Å². The van der Waals surface area contributed by atoms with E-state index in [0.717, 1.165) is 0 Å². The Hall–Kier alpha value is -1.97. The van der Waals surface area contributed by atoms with Crippen LogP contribution < -0.4 is 0 Å². The third kappa shape index (κ3) is 5.19. The third-order valence-electron chi connectivity index (χ3n) is 3.45. The van der Waals surface area contributed by atoms with E-state index in [2.05, 4.69) is 4.74 Å². The van der Waals surface area contributed by atoms with Crippen molar-refractivity contribution < 1.29 is 76.5 Å². The minimum Gasteiger partial charge on any atom is -0.481 e. The summed E-state index contributed by atoms with van der Waals surface area (Å²) in [5.41, 5.74) is 0. The predicted octanol–water partition coefficient (Wildman–Crippen LogP) is 4.91. The molecular formula is C13H11F13O4. The fourth-order valence-corrected chi connectivity index (χ4v) is 1.71. The molecule has 17 heteroatoms. The van der Waals surface area contributed by atoms with Crippen molar-refractivity contribution in [1.82, 2.24) is 0 Å². The van der Waals surface area contributed by atoms with Crippen molar-refractivity contribution in [3.63, 3.8) is 0 Å². The Morgan fingerprint density at radius 1 is 0.667 bits per heavy atom. The molecule has 0 aliphatic rings. The number of aliphatic carboxylic acids is 1. The molecule has 178 valence electrons. The molecule has 0 aromatic rings. The number of rotatable bonds is 11. The van der Waals surface area contributed by atoms with E-state index >= 15 is 0 Å². The van der Waals surface area contributed by atoms with Crippen molar-refractivity contribution >= 4 is 11.9 Å².